The lowest BCUT2D eigenvalue weighted by Crippen LogP contribution is -2.02. The fourth-order valence-electron chi connectivity index (χ4n) is 3.72. The van der Waals surface area contributed by atoms with E-state index in [1.807, 2.05) is 36.4 Å². The molecule has 0 saturated carbocycles. The van der Waals surface area contributed by atoms with Crippen LogP contribution in [0.3, 0.4) is 0 Å². The van der Waals surface area contributed by atoms with Crippen LogP contribution in [0.1, 0.15) is 0 Å². The maximum absolute atomic E-state index is 12.9. The molecular formula is C24H16BrNO2S. The van der Waals surface area contributed by atoms with Gasteiger partial charge in [0.1, 0.15) is 0 Å². The average Bonchev–Trinajstić information content (AvgIpc) is 3.09. The molecule has 5 rings (SSSR count). The molecule has 0 atom stereocenters. The molecule has 0 N–H and O–H groups in total. The Balaban J connectivity index is 1.65. The SMILES string of the molecule is O=S(=O)(c1ccc(Br)cc1)c1ccc(-n2c3ccccc3c3ccccc32)cc1. The normalized spacial score (nSPS) is 11.9. The predicted octanol–water partition coefficient (Wildman–Crippen LogP) is 6.38. The first-order chi connectivity index (χ1) is 14.1. The molecule has 5 aromatic rings. The molecule has 4 aromatic carbocycles. The summed E-state index contributed by atoms with van der Waals surface area (Å²) in [6, 6.07) is 30.3. The van der Waals surface area contributed by atoms with Gasteiger partial charge in [0.15, 0.2) is 0 Å². The highest BCUT2D eigenvalue weighted by Crippen LogP contribution is 2.32. The van der Waals surface area contributed by atoms with E-state index in [9.17, 15) is 8.42 Å². The Morgan fingerprint density at radius 2 is 1.03 bits per heavy atom. The van der Waals surface area contributed by atoms with Crippen LogP contribution in [-0.4, -0.2) is 13.0 Å². The summed E-state index contributed by atoms with van der Waals surface area (Å²) < 4.78 is 28.9. The summed E-state index contributed by atoms with van der Waals surface area (Å²) in [5.41, 5.74) is 3.12. The van der Waals surface area contributed by atoms with Crippen molar-refractivity contribution in [2.75, 3.05) is 0 Å². The number of nitrogens with zero attached hydrogens (tertiary/aromatic N) is 1. The van der Waals surface area contributed by atoms with E-state index in [0.29, 0.717) is 0 Å². The van der Waals surface area contributed by atoms with Crippen molar-refractivity contribution in [3.8, 4) is 5.69 Å². The number of hydrogen-bond donors (Lipinski definition) is 0. The number of hydrogen-bond acceptors (Lipinski definition) is 2. The van der Waals surface area contributed by atoms with E-state index in [2.05, 4.69) is 44.8 Å². The molecule has 5 heteroatoms. The number of rotatable bonds is 3. The molecule has 1 aromatic heterocycles. The lowest BCUT2D eigenvalue weighted by atomic mass is 10.2. The predicted molar refractivity (Wildman–Crippen MR) is 120 cm³/mol. The van der Waals surface area contributed by atoms with Crippen molar-refractivity contribution in [3.05, 3.63) is 102 Å². The van der Waals surface area contributed by atoms with Crippen molar-refractivity contribution in [2.45, 2.75) is 9.79 Å². The van der Waals surface area contributed by atoms with E-state index in [4.69, 9.17) is 0 Å². The van der Waals surface area contributed by atoms with E-state index in [1.165, 1.54) is 10.8 Å². The van der Waals surface area contributed by atoms with Crippen LogP contribution in [0.4, 0.5) is 0 Å². The second-order valence-electron chi connectivity index (χ2n) is 6.82. The molecular weight excluding hydrogens is 446 g/mol. The highest BCUT2D eigenvalue weighted by Gasteiger charge is 2.18. The molecule has 142 valence electrons. The van der Waals surface area contributed by atoms with Gasteiger partial charge in [-0.3, -0.25) is 0 Å². The van der Waals surface area contributed by atoms with Crippen molar-refractivity contribution in [1.29, 1.82) is 0 Å². The molecule has 0 saturated heterocycles. The maximum atomic E-state index is 12.9. The molecule has 0 aliphatic heterocycles. The summed E-state index contributed by atoms with van der Waals surface area (Å²) in [6.07, 6.45) is 0. The molecule has 0 bridgehead atoms. The zero-order valence-electron chi connectivity index (χ0n) is 15.3. The Bertz CT molecular complexity index is 1400. The Labute approximate surface area is 177 Å². The first-order valence-electron chi connectivity index (χ1n) is 9.15. The van der Waals surface area contributed by atoms with Gasteiger partial charge in [-0.25, -0.2) is 8.42 Å². The van der Waals surface area contributed by atoms with Crippen LogP contribution in [-0.2, 0) is 9.84 Å². The van der Waals surface area contributed by atoms with Crippen LogP contribution in [0.15, 0.2) is 111 Å². The van der Waals surface area contributed by atoms with Crippen LogP contribution in [0, 0.1) is 0 Å². The van der Waals surface area contributed by atoms with Crippen molar-refractivity contribution in [1.82, 2.24) is 4.57 Å². The summed E-state index contributed by atoms with van der Waals surface area (Å²) >= 11 is 3.34. The summed E-state index contributed by atoms with van der Waals surface area (Å²) in [4.78, 5) is 0.564. The highest BCUT2D eigenvalue weighted by molar-refractivity contribution is 9.10. The third kappa shape index (κ3) is 2.98. The Morgan fingerprint density at radius 3 is 1.55 bits per heavy atom. The van der Waals surface area contributed by atoms with Gasteiger partial charge in [-0.15, -0.1) is 0 Å². The largest absolute Gasteiger partial charge is 0.309 e. The number of fused-ring (bicyclic) bond motifs is 3. The summed E-state index contributed by atoms with van der Waals surface area (Å²) in [5.74, 6) is 0. The standard InChI is InChI=1S/C24H16BrNO2S/c25-17-9-13-19(14-10-17)29(27,28)20-15-11-18(12-16-20)26-23-7-3-1-5-21(23)22-6-2-4-8-24(22)26/h1-16H. The summed E-state index contributed by atoms with van der Waals surface area (Å²) in [7, 11) is -3.56. The van der Waals surface area contributed by atoms with Crippen LogP contribution in [0.5, 0.6) is 0 Å². The van der Waals surface area contributed by atoms with Gasteiger partial charge < -0.3 is 4.57 Å². The van der Waals surface area contributed by atoms with Crippen molar-refractivity contribution >= 4 is 47.6 Å². The van der Waals surface area contributed by atoms with Crippen molar-refractivity contribution in [3.63, 3.8) is 0 Å². The number of sulfone groups is 1. The average molecular weight is 462 g/mol. The van der Waals surface area contributed by atoms with Crippen LogP contribution < -0.4 is 0 Å². The van der Waals surface area contributed by atoms with Crippen molar-refractivity contribution < 1.29 is 8.42 Å². The Hall–Kier alpha value is -2.89. The summed E-state index contributed by atoms with van der Waals surface area (Å²) in [6.45, 7) is 0. The number of halogens is 1. The fourth-order valence-corrected chi connectivity index (χ4v) is 5.25. The van der Waals surface area contributed by atoms with Gasteiger partial charge in [-0.05, 0) is 60.7 Å². The minimum Gasteiger partial charge on any atom is -0.309 e. The monoisotopic (exact) mass is 461 g/mol. The maximum Gasteiger partial charge on any atom is 0.206 e. The zero-order chi connectivity index (χ0) is 20.0. The second kappa shape index (κ2) is 6.87. The molecule has 0 aliphatic carbocycles. The van der Waals surface area contributed by atoms with Gasteiger partial charge in [0, 0.05) is 20.9 Å². The van der Waals surface area contributed by atoms with Gasteiger partial charge in [0.05, 0.1) is 20.8 Å². The Kier molecular flexibility index (Phi) is 4.30. The quantitative estimate of drug-likeness (QED) is 0.312. The van der Waals surface area contributed by atoms with E-state index >= 15 is 0 Å². The Morgan fingerprint density at radius 1 is 0.586 bits per heavy atom. The minimum atomic E-state index is -3.56. The fraction of sp³-hybridized carbons (Fsp3) is 0. The molecule has 0 spiro atoms. The van der Waals surface area contributed by atoms with Gasteiger partial charge in [0.2, 0.25) is 9.84 Å². The third-order valence-corrected chi connectivity index (χ3v) is 7.42. The van der Waals surface area contributed by atoms with Gasteiger partial charge in [-0.1, -0.05) is 52.3 Å². The first kappa shape index (κ1) is 18.2. The van der Waals surface area contributed by atoms with Gasteiger partial charge >= 0.3 is 0 Å². The smallest absolute Gasteiger partial charge is 0.206 e. The second-order valence-corrected chi connectivity index (χ2v) is 9.69. The number of para-hydroxylation sites is 2. The van der Waals surface area contributed by atoms with E-state index in [1.54, 1.807) is 36.4 Å². The lowest BCUT2D eigenvalue weighted by molar-refractivity contribution is 0.596. The van der Waals surface area contributed by atoms with Gasteiger partial charge in [0.25, 0.3) is 0 Å². The first-order valence-corrected chi connectivity index (χ1v) is 11.4. The number of aromatic nitrogens is 1. The molecule has 0 fully saturated rings. The molecule has 0 aliphatic rings. The van der Waals surface area contributed by atoms with Crippen molar-refractivity contribution in [2.24, 2.45) is 0 Å². The van der Waals surface area contributed by atoms with E-state index in [0.717, 1.165) is 21.2 Å². The molecule has 0 amide bonds. The topological polar surface area (TPSA) is 39.1 Å². The molecule has 0 radical (unpaired) electrons. The van der Waals surface area contributed by atoms with Crippen LogP contribution >= 0.6 is 15.9 Å². The molecule has 0 unspecified atom stereocenters. The summed E-state index contributed by atoms with van der Waals surface area (Å²) in [5, 5.41) is 2.35. The molecule has 3 nitrogen and oxygen atoms in total. The lowest BCUT2D eigenvalue weighted by Gasteiger charge is -2.10. The van der Waals surface area contributed by atoms with Gasteiger partial charge in [-0.2, -0.15) is 0 Å². The van der Waals surface area contributed by atoms with Crippen LogP contribution in [0.25, 0.3) is 27.5 Å². The van der Waals surface area contributed by atoms with E-state index in [-0.39, 0.29) is 9.79 Å². The minimum absolute atomic E-state index is 0.282. The molecule has 29 heavy (non-hydrogen) atoms. The zero-order valence-corrected chi connectivity index (χ0v) is 17.7. The number of benzene rings is 4. The van der Waals surface area contributed by atoms with E-state index < -0.39 is 9.84 Å². The highest BCUT2D eigenvalue weighted by atomic mass is 79.9. The van der Waals surface area contributed by atoms with Crippen LogP contribution in [0.2, 0.25) is 0 Å². The third-order valence-electron chi connectivity index (χ3n) is 5.11. The molecule has 1 heterocycles.